The van der Waals surface area contributed by atoms with Gasteiger partial charge in [0, 0.05) is 22.3 Å². The largest absolute Gasteiger partial charge is 0.367 e. The Morgan fingerprint density at radius 3 is 2.61 bits per heavy atom. The third kappa shape index (κ3) is 2.88. The van der Waals surface area contributed by atoms with Crippen molar-refractivity contribution in [3.05, 3.63) is 41.3 Å². The quantitative estimate of drug-likeness (QED) is 0.855. The zero-order valence-corrected chi connectivity index (χ0v) is 14.6. The van der Waals surface area contributed by atoms with Gasteiger partial charge in [-0.2, -0.15) is 0 Å². The summed E-state index contributed by atoms with van der Waals surface area (Å²) < 4.78 is 1.08. The molecule has 2 aromatic rings. The second-order valence-electron chi connectivity index (χ2n) is 7.05. The number of aromatic nitrogens is 2. The molecule has 2 aliphatic carbocycles. The first-order chi connectivity index (χ1) is 11.2. The number of halogens is 1. The molecule has 2 fully saturated rings. The van der Waals surface area contributed by atoms with E-state index in [-0.39, 0.29) is 0 Å². The Kier molecular flexibility index (Phi) is 3.85. The Balaban J connectivity index is 1.45. The van der Waals surface area contributed by atoms with E-state index in [0.29, 0.717) is 11.5 Å². The predicted octanol–water partition coefficient (Wildman–Crippen LogP) is 3.84. The molecule has 1 aromatic carbocycles. The monoisotopic (exact) mass is 372 g/mol. The maximum absolute atomic E-state index is 5.75. The van der Waals surface area contributed by atoms with Crippen LogP contribution in [-0.4, -0.2) is 22.6 Å². The van der Waals surface area contributed by atoms with Gasteiger partial charge < -0.3 is 11.1 Å². The lowest BCUT2D eigenvalue weighted by atomic mass is 9.50. The maximum atomic E-state index is 5.75. The summed E-state index contributed by atoms with van der Waals surface area (Å²) in [5, 5.41) is 3.62. The lowest BCUT2D eigenvalue weighted by Crippen LogP contribution is -2.54. The van der Waals surface area contributed by atoms with E-state index in [1.165, 1.54) is 25.7 Å². The summed E-state index contributed by atoms with van der Waals surface area (Å²) in [6, 6.07) is 8.80. The first-order valence-corrected chi connectivity index (χ1v) is 8.99. The molecule has 2 aliphatic rings. The average molecular weight is 373 g/mol. The van der Waals surface area contributed by atoms with E-state index in [0.717, 1.165) is 33.9 Å². The number of nitrogens with zero attached hydrogens (tertiary/aromatic N) is 2. The van der Waals surface area contributed by atoms with Crippen LogP contribution in [0.1, 0.15) is 25.7 Å². The highest BCUT2D eigenvalue weighted by Gasteiger charge is 2.52. The molecule has 3 N–H and O–H groups in total. The fraction of sp³-hybridized carbons (Fsp3) is 0.444. The molecule has 0 unspecified atom stereocenters. The predicted molar refractivity (Wildman–Crippen MR) is 96.0 cm³/mol. The van der Waals surface area contributed by atoms with Gasteiger partial charge in [-0.15, -0.1) is 0 Å². The molecular formula is C18H21BrN4. The molecule has 120 valence electrons. The van der Waals surface area contributed by atoms with E-state index < -0.39 is 0 Å². The van der Waals surface area contributed by atoms with Crippen LogP contribution in [0.25, 0.3) is 11.1 Å². The first kappa shape index (κ1) is 15.1. The summed E-state index contributed by atoms with van der Waals surface area (Å²) in [6.45, 7) is 0.847. The van der Waals surface area contributed by atoms with Crippen LogP contribution in [0.5, 0.6) is 0 Å². The Hall–Kier alpha value is -1.46. The van der Waals surface area contributed by atoms with Crippen LogP contribution in [0.4, 0.5) is 5.82 Å². The van der Waals surface area contributed by atoms with E-state index in [4.69, 9.17) is 5.73 Å². The van der Waals surface area contributed by atoms with Crippen LogP contribution in [0.15, 0.2) is 41.3 Å². The molecular weight excluding hydrogens is 352 g/mol. The van der Waals surface area contributed by atoms with Crippen molar-refractivity contribution in [1.82, 2.24) is 9.97 Å². The summed E-state index contributed by atoms with van der Waals surface area (Å²) in [7, 11) is 0. The molecule has 23 heavy (non-hydrogen) atoms. The van der Waals surface area contributed by atoms with E-state index >= 15 is 0 Å². The van der Waals surface area contributed by atoms with Crippen LogP contribution >= 0.6 is 15.9 Å². The van der Waals surface area contributed by atoms with Gasteiger partial charge in [-0.25, -0.2) is 9.97 Å². The minimum Gasteiger partial charge on any atom is -0.367 e. The van der Waals surface area contributed by atoms with E-state index in [2.05, 4.69) is 43.3 Å². The SMILES string of the molecule is NCC1CC2(C1)CC(Nc1ncncc1-c1ccc(Br)cc1)C2. The van der Waals surface area contributed by atoms with Crippen molar-refractivity contribution < 1.29 is 0 Å². The summed E-state index contributed by atoms with van der Waals surface area (Å²) in [4.78, 5) is 8.66. The standard InChI is InChI=1S/C18H21BrN4/c19-14-3-1-13(2-4-14)16-10-21-11-22-17(16)23-15-7-18(8-15)5-12(6-18)9-20/h1-4,10-12,15H,5-9,20H2,(H,21,22,23). The number of anilines is 1. The smallest absolute Gasteiger partial charge is 0.137 e. The average Bonchev–Trinajstić information content (AvgIpc) is 2.49. The molecule has 4 rings (SSSR count). The molecule has 5 heteroatoms. The molecule has 2 saturated carbocycles. The van der Waals surface area contributed by atoms with Crippen LogP contribution in [-0.2, 0) is 0 Å². The van der Waals surface area contributed by atoms with Crippen molar-refractivity contribution in [3.63, 3.8) is 0 Å². The second-order valence-corrected chi connectivity index (χ2v) is 7.97. The van der Waals surface area contributed by atoms with Crippen molar-refractivity contribution in [3.8, 4) is 11.1 Å². The highest BCUT2D eigenvalue weighted by atomic mass is 79.9. The van der Waals surface area contributed by atoms with Gasteiger partial charge in [0.05, 0.1) is 0 Å². The Morgan fingerprint density at radius 1 is 1.17 bits per heavy atom. The number of hydrogen-bond donors (Lipinski definition) is 2. The fourth-order valence-electron chi connectivity index (χ4n) is 4.23. The van der Waals surface area contributed by atoms with Gasteiger partial charge in [0.15, 0.2) is 0 Å². The lowest BCUT2D eigenvalue weighted by molar-refractivity contribution is -0.0295. The van der Waals surface area contributed by atoms with Gasteiger partial charge >= 0.3 is 0 Å². The van der Waals surface area contributed by atoms with Gasteiger partial charge in [-0.05, 0) is 61.3 Å². The number of nitrogens with one attached hydrogen (secondary N) is 1. The molecule has 0 saturated heterocycles. The normalized spacial score (nSPS) is 29.0. The number of rotatable bonds is 4. The van der Waals surface area contributed by atoms with E-state index in [1.54, 1.807) is 6.33 Å². The van der Waals surface area contributed by atoms with Gasteiger partial charge in [0.25, 0.3) is 0 Å². The summed E-state index contributed by atoms with van der Waals surface area (Å²) >= 11 is 3.48. The summed E-state index contributed by atoms with van der Waals surface area (Å²) in [5.74, 6) is 1.70. The molecule has 0 amide bonds. The molecule has 0 aliphatic heterocycles. The molecule has 1 heterocycles. The second kappa shape index (κ2) is 5.87. The number of benzene rings is 1. The third-order valence-electron chi connectivity index (χ3n) is 5.34. The Labute approximate surface area is 145 Å². The van der Waals surface area contributed by atoms with Crippen molar-refractivity contribution in [2.45, 2.75) is 31.7 Å². The van der Waals surface area contributed by atoms with Crippen LogP contribution < -0.4 is 11.1 Å². The molecule has 0 atom stereocenters. The van der Waals surface area contributed by atoms with Gasteiger partial charge in [0.2, 0.25) is 0 Å². The molecule has 1 spiro atoms. The zero-order chi connectivity index (χ0) is 15.9. The van der Waals surface area contributed by atoms with Crippen molar-refractivity contribution >= 4 is 21.7 Å². The fourth-order valence-corrected chi connectivity index (χ4v) is 4.50. The highest BCUT2D eigenvalue weighted by molar-refractivity contribution is 9.10. The van der Waals surface area contributed by atoms with Gasteiger partial charge in [0.1, 0.15) is 12.1 Å². The van der Waals surface area contributed by atoms with Crippen molar-refractivity contribution in [1.29, 1.82) is 0 Å². The number of nitrogens with two attached hydrogens (primary N) is 1. The molecule has 0 radical (unpaired) electrons. The number of hydrogen-bond acceptors (Lipinski definition) is 4. The van der Waals surface area contributed by atoms with E-state index in [1.807, 2.05) is 18.3 Å². The molecule has 1 aromatic heterocycles. The highest BCUT2D eigenvalue weighted by Crippen LogP contribution is 2.58. The van der Waals surface area contributed by atoms with Gasteiger partial charge in [-0.1, -0.05) is 28.1 Å². The summed E-state index contributed by atoms with van der Waals surface area (Å²) in [5.41, 5.74) is 8.53. The van der Waals surface area contributed by atoms with E-state index in [9.17, 15) is 0 Å². The molecule has 0 bridgehead atoms. The maximum Gasteiger partial charge on any atom is 0.137 e. The minimum absolute atomic E-state index is 0.526. The van der Waals surface area contributed by atoms with Gasteiger partial charge in [-0.3, -0.25) is 0 Å². The molecule has 4 nitrogen and oxygen atoms in total. The zero-order valence-electron chi connectivity index (χ0n) is 13.0. The van der Waals surface area contributed by atoms with Crippen LogP contribution in [0.3, 0.4) is 0 Å². The Bertz CT molecular complexity index is 686. The van der Waals surface area contributed by atoms with Crippen LogP contribution in [0, 0.1) is 11.3 Å². The van der Waals surface area contributed by atoms with Crippen LogP contribution in [0.2, 0.25) is 0 Å². The van der Waals surface area contributed by atoms with Crippen molar-refractivity contribution in [2.75, 3.05) is 11.9 Å². The minimum atomic E-state index is 0.526. The lowest BCUT2D eigenvalue weighted by Gasteiger charge is -2.58. The van der Waals surface area contributed by atoms with Crippen molar-refractivity contribution in [2.24, 2.45) is 17.1 Å². The summed E-state index contributed by atoms with van der Waals surface area (Å²) in [6.07, 6.45) is 8.62. The first-order valence-electron chi connectivity index (χ1n) is 8.20. The third-order valence-corrected chi connectivity index (χ3v) is 5.87. The topological polar surface area (TPSA) is 63.8 Å². The Morgan fingerprint density at radius 2 is 1.91 bits per heavy atom.